The van der Waals surface area contributed by atoms with Crippen molar-refractivity contribution in [1.29, 1.82) is 0 Å². The topological polar surface area (TPSA) is 78.7 Å². The van der Waals surface area contributed by atoms with E-state index in [4.69, 9.17) is 5.21 Å². The normalized spacial score (nSPS) is 10.9. The van der Waals surface area contributed by atoms with Gasteiger partial charge in [-0.2, -0.15) is 0 Å². The van der Waals surface area contributed by atoms with E-state index >= 15 is 0 Å². The summed E-state index contributed by atoms with van der Waals surface area (Å²) in [5, 5.41) is 11.7. The molecule has 1 amide bonds. The summed E-state index contributed by atoms with van der Waals surface area (Å²) < 4.78 is 2.97. The standard InChI is InChI=1S/C15H21BrN4O2/c1-3-4-5-6-12-15(17-9-14(21)19-22)20-10(2)11(16)7-8-13(20)18-12/h7-8,17,22H,3-6,9H2,1-2H3,(H,19,21). The molecule has 0 aliphatic rings. The summed E-state index contributed by atoms with van der Waals surface area (Å²) in [5.41, 5.74) is 4.44. The summed E-state index contributed by atoms with van der Waals surface area (Å²) in [6, 6.07) is 3.91. The van der Waals surface area contributed by atoms with Crippen LogP contribution in [0, 0.1) is 6.92 Å². The maximum atomic E-state index is 11.3. The molecule has 0 bridgehead atoms. The number of amides is 1. The number of carbonyl (C=O) groups is 1. The molecule has 7 heteroatoms. The Morgan fingerprint density at radius 3 is 2.86 bits per heavy atom. The van der Waals surface area contributed by atoms with E-state index < -0.39 is 5.91 Å². The van der Waals surface area contributed by atoms with Gasteiger partial charge in [-0.15, -0.1) is 0 Å². The minimum atomic E-state index is -0.484. The molecule has 0 saturated heterocycles. The summed E-state index contributed by atoms with van der Waals surface area (Å²) in [4.78, 5) is 16.0. The number of imidazole rings is 1. The second-order valence-electron chi connectivity index (χ2n) is 5.21. The fraction of sp³-hybridized carbons (Fsp3) is 0.467. The minimum absolute atomic E-state index is 0.00295. The predicted molar refractivity (Wildman–Crippen MR) is 89.3 cm³/mol. The van der Waals surface area contributed by atoms with Crippen LogP contribution in [0.2, 0.25) is 0 Å². The summed E-state index contributed by atoms with van der Waals surface area (Å²) in [5.74, 6) is 0.329. The first kappa shape index (κ1) is 16.8. The number of aromatic nitrogens is 2. The maximum absolute atomic E-state index is 11.3. The third kappa shape index (κ3) is 3.59. The van der Waals surface area contributed by atoms with Crippen molar-refractivity contribution < 1.29 is 10.0 Å². The van der Waals surface area contributed by atoms with Gasteiger partial charge in [0, 0.05) is 10.2 Å². The van der Waals surface area contributed by atoms with E-state index in [-0.39, 0.29) is 6.54 Å². The first-order valence-corrected chi connectivity index (χ1v) is 8.21. The molecule has 120 valence electrons. The second kappa shape index (κ2) is 7.60. The Hall–Kier alpha value is -1.60. The Balaban J connectivity index is 2.38. The number of unbranched alkanes of at least 4 members (excludes halogenated alkanes) is 2. The van der Waals surface area contributed by atoms with Crippen molar-refractivity contribution in [1.82, 2.24) is 14.9 Å². The van der Waals surface area contributed by atoms with Gasteiger partial charge in [-0.3, -0.25) is 14.4 Å². The van der Waals surface area contributed by atoms with Crippen molar-refractivity contribution in [3.8, 4) is 0 Å². The van der Waals surface area contributed by atoms with E-state index in [1.807, 2.05) is 23.5 Å². The first-order valence-electron chi connectivity index (χ1n) is 7.41. The van der Waals surface area contributed by atoms with Gasteiger partial charge >= 0.3 is 0 Å². The van der Waals surface area contributed by atoms with Gasteiger partial charge < -0.3 is 5.32 Å². The van der Waals surface area contributed by atoms with E-state index in [0.717, 1.165) is 53.0 Å². The van der Waals surface area contributed by atoms with Crippen LogP contribution < -0.4 is 10.8 Å². The van der Waals surface area contributed by atoms with E-state index in [0.29, 0.717) is 0 Å². The molecule has 0 spiro atoms. The van der Waals surface area contributed by atoms with Crippen molar-refractivity contribution in [2.24, 2.45) is 0 Å². The maximum Gasteiger partial charge on any atom is 0.262 e. The number of rotatable bonds is 7. The van der Waals surface area contributed by atoms with Crippen molar-refractivity contribution in [2.45, 2.75) is 39.5 Å². The highest BCUT2D eigenvalue weighted by Gasteiger charge is 2.15. The smallest absolute Gasteiger partial charge is 0.262 e. The lowest BCUT2D eigenvalue weighted by atomic mass is 10.1. The number of hydrogen-bond donors (Lipinski definition) is 3. The van der Waals surface area contributed by atoms with Gasteiger partial charge in [0.15, 0.2) is 0 Å². The summed E-state index contributed by atoms with van der Waals surface area (Å²) in [6.07, 6.45) is 4.21. The number of fused-ring (bicyclic) bond motifs is 1. The minimum Gasteiger partial charge on any atom is -0.360 e. The number of anilines is 1. The van der Waals surface area contributed by atoms with Crippen LogP contribution >= 0.6 is 15.9 Å². The number of nitrogens with one attached hydrogen (secondary N) is 2. The largest absolute Gasteiger partial charge is 0.360 e. The van der Waals surface area contributed by atoms with Crippen LogP contribution in [0.3, 0.4) is 0 Å². The van der Waals surface area contributed by atoms with Gasteiger partial charge in [0.2, 0.25) is 0 Å². The molecule has 0 fully saturated rings. The third-order valence-corrected chi connectivity index (χ3v) is 4.43. The lowest BCUT2D eigenvalue weighted by Crippen LogP contribution is -2.27. The molecular weight excluding hydrogens is 348 g/mol. The van der Waals surface area contributed by atoms with Gasteiger partial charge in [-0.25, -0.2) is 10.5 Å². The van der Waals surface area contributed by atoms with Gasteiger partial charge in [0.1, 0.15) is 11.5 Å². The van der Waals surface area contributed by atoms with Crippen LogP contribution in [0.4, 0.5) is 5.82 Å². The third-order valence-electron chi connectivity index (χ3n) is 3.59. The molecule has 2 aromatic rings. The van der Waals surface area contributed by atoms with E-state index in [2.05, 4.69) is 33.2 Å². The lowest BCUT2D eigenvalue weighted by Gasteiger charge is -2.10. The quantitative estimate of drug-likeness (QED) is 0.398. The molecule has 0 aliphatic heterocycles. The van der Waals surface area contributed by atoms with E-state index in [1.54, 1.807) is 5.48 Å². The number of hydroxylamine groups is 1. The fourth-order valence-electron chi connectivity index (χ4n) is 2.41. The zero-order valence-corrected chi connectivity index (χ0v) is 14.4. The Kier molecular flexibility index (Phi) is 5.79. The highest BCUT2D eigenvalue weighted by Crippen LogP contribution is 2.26. The summed E-state index contributed by atoms with van der Waals surface area (Å²) in [6.45, 7) is 4.15. The van der Waals surface area contributed by atoms with Crippen LogP contribution in [-0.4, -0.2) is 27.0 Å². The molecule has 22 heavy (non-hydrogen) atoms. The molecule has 2 rings (SSSR count). The van der Waals surface area contributed by atoms with Crippen LogP contribution in [0.1, 0.15) is 37.6 Å². The Labute approximate surface area is 138 Å². The van der Waals surface area contributed by atoms with Crippen LogP contribution in [0.15, 0.2) is 16.6 Å². The number of hydrogen-bond acceptors (Lipinski definition) is 4. The monoisotopic (exact) mass is 368 g/mol. The molecule has 0 saturated carbocycles. The van der Waals surface area contributed by atoms with Gasteiger partial charge in [-0.05, 0) is 47.8 Å². The van der Waals surface area contributed by atoms with Crippen molar-refractivity contribution in [2.75, 3.05) is 11.9 Å². The Morgan fingerprint density at radius 2 is 2.18 bits per heavy atom. The van der Waals surface area contributed by atoms with Crippen LogP contribution in [0.5, 0.6) is 0 Å². The average molecular weight is 369 g/mol. The summed E-state index contributed by atoms with van der Waals surface area (Å²) >= 11 is 3.52. The SMILES string of the molecule is CCCCCc1nc2ccc(Br)c(C)n2c1NCC(=O)NO. The van der Waals surface area contributed by atoms with Crippen molar-refractivity contribution in [3.05, 3.63) is 28.0 Å². The molecule has 0 atom stereocenters. The number of halogens is 1. The van der Waals surface area contributed by atoms with Crippen molar-refractivity contribution >= 4 is 33.3 Å². The van der Waals surface area contributed by atoms with Gasteiger partial charge in [-0.1, -0.05) is 19.8 Å². The lowest BCUT2D eigenvalue weighted by molar-refractivity contribution is -0.127. The fourth-order valence-corrected chi connectivity index (χ4v) is 2.72. The highest BCUT2D eigenvalue weighted by molar-refractivity contribution is 9.10. The predicted octanol–water partition coefficient (Wildman–Crippen LogP) is 3.06. The van der Waals surface area contributed by atoms with Gasteiger partial charge in [0.05, 0.1) is 12.2 Å². The Bertz CT molecular complexity index is 669. The number of pyridine rings is 1. The van der Waals surface area contributed by atoms with E-state index in [1.165, 1.54) is 0 Å². The Morgan fingerprint density at radius 1 is 1.41 bits per heavy atom. The highest BCUT2D eigenvalue weighted by atomic mass is 79.9. The van der Waals surface area contributed by atoms with E-state index in [9.17, 15) is 4.79 Å². The van der Waals surface area contributed by atoms with Gasteiger partial charge in [0.25, 0.3) is 5.91 Å². The average Bonchev–Trinajstić information content (AvgIpc) is 2.87. The molecule has 6 nitrogen and oxygen atoms in total. The molecule has 0 aromatic carbocycles. The summed E-state index contributed by atoms with van der Waals surface area (Å²) in [7, 11) is 0. The van der Waals surface area contributed by atoms with Crippen LogP contribution in [0.25, 0.3) is 5.65 Å². The molecular formula is C15H21BrN4O2. The molecule has 0 aliphatic carbocycles. The number of carbonyl (C=O) groups excluding carboxylic acids is 1. The van der Waals surface area contributed by atoms with Crippen molar-refractivity contribution in [3.63, 3.8) is 0 Å². The first-order chi connectivity index (χ1) is 10.6. The van der Waals surface area contributed by atoms with Crippen LogP contribution in [-0.2, 0) is 11.2 Å². The molecule has 0 radical (unpaired) electrons. The number of aryl methyl sites for hydroxylation is 2. The second-order valence-corrected chi connectivity index (χ2v) is 6.07. The zero-order valence-electron chi connectivity index (χ0n) is 12.8. The number of nitrogens with zero attached hydrogens (tertiary/aromatic N) is 2. The molecule has 2 heterocycles. The molecule has 2 aromatic heterocycles. The zero-order chi connectivity index (χ0) is 16.1. The molecule has 0 unspecified atom stereocenters. The molecule has 3 N–H and O–H groups in total.